The number of aliphatic imine (C=N–C) groups is 1. The lowest BCUT2D eigenvalue weighted by atomic mass is 10.1. The molecule has 0 radical (unpaired) electrons. The minimum Gasteiger partial charge on any atom is -0.494 e. The zero-order valence-electron chi connectivity index (χ0n) is 14.4. The summed E-state index contributed by atoms with van der Waals surface area (Å²) >= 11 is 0. The van der Waals surface area contributed by atoms with Gasteiger partial charge in [0.15, 0.2) is 17.5 Å². The van der Waals surface area contributed by atoms with Gasteiger partial charge in [0.2, 0.25) is 0 Å². The largest absolute Gasteiger partial charge is 0.494 e. The van der Waals surface area contributed by atoms with E-state index in [-0.39, 0.29) is 11.6 Å². The van der Waals surface area contributed by atoms with Gasteiger partial charge < -0.3 is 15.4 Å². The average molecular weight is 329 g/mol. The average Bonchev–Trinajstić information content (AvgIpc) is 2.62. The van der Waals surface area contributed by atoms with E-state index in [0.717, 1.165) is 12.0 Å². The molecule has 0 saturated heterocycles. The molecule has 128 valence electrons. The highest BCUT2D eigenvalue weighted by Crippen LogP contribution is 2.17. The van der Waals surface area contributed by atoms with Crippen molar-refractivity contribution >= 4 is 5.96 Å². The maximum Gasteiger partial charge on any atom is 0.191 e. The smallest absolute Gasteiger partial charge is 0.191 e. The lowest BCUT2D eigenvalue weighted by Crippen LogP contribution is -2.36. The highest BCUT2D eigenvalue weighted by atomic mass is 19.1. The number of guanidine groups is 1. The van der Waals surface area contributed by atoms with Crippen molar-refractivity contribution in [2.45, 2.75) is 26.4 Å². The topological polar surface area (TPSA) is 45.7 Å². The SMILES string of the molecule is CCc1ccccc1CNC(=NC)NCc1ccc(OC)c(F)c1. The van der Waals surface area contributed by atoms with Gasteiger partial charge in [-0.1, -0.05) is 37.3 Å². The summed E-state index contributed by atoms with van der Waals surface area (Å²) in [6.07, 6.45) is 0.995. The molecule has 2 aromatic carbocycles. The summed E-state index contributed by atoms with van der Waals surface area (Å²) in [7, 11) is 3.17. The van der Waals surface area contributed by atoms with Gasteiger partial charge in [0.05, 0.1) is 7.11 Å². The monoisotopic (exact) mass is 329 g/mol. The molecule has 0 amide bonds. The Bertz CT molecular complexity index is 701. The number of methoxy groups -OCH3 is 1. The summed E-state index contributed by atoms with van der Waals surface area (Å²) in [6.45, 7) is 3.32. The predicted octanol–water partition coefficient (Wildman–Crippen LogP) is 3.26. The number of halogens is 1. The number of hydrogen-bond donors (Lipinski definition) is 2. The zero-order chi connectivity index (χ0) is 17.4. The third-order valence-corrected chi connectivity index (χ3v) is 3.85. The van der Waals surface area contributed by atoms with Crippen molar-refractivity contribution in [1.29, 1.82) is 0 Å². The molecule has 0 aliphatic carbocycles. The van der Waals surface area contributed by atoms with Crippen molar-refractivity contribution in [3.05, 3.63) is 65.0 Å². The lowest BCUT2D eigenvalue weighted by molar-refractivity contribution is 0.386. The molecule has 0 unspecified atom stereocenters. The third kappa shape index (κ3) is 4.72. The Morgan fingerprint density at radius 3 is 2.42 bits per heavy atom. The van der Waals surface area contributed by atoms with Crippen LogP contribution in [0, 0.1) is 5.82 Å². The van der Waals surface area contributed by atoms with Crippen LogP contribution in [0.15, 0.2) is 47.5 Å². The first-order valence-corrected chi connectivity index (χ1v) is 8.01. The summed E-state index contributed by atoms with van der Waals surface area (Å²) in [6, 6.07) is 13.2. The van der Waals surface area contributed by atoms with Crippen LogP contribution < -0.4 is 15.4 Å². The second-order valence-corrected chi connectivity index (χ2v) is 5.37. The van der Waals surface area contributed by atoms with E-state index in [1.165, 1.54) is 24.3 Å². The van der Waals surface area contributed by atoms with Crippen molar-refractivity contribution in [2.75, 3.05) is 14.2 Å². The van der Waals surface area contributed by atoms with Crippen molar-refractivity contribution in [1.82, 2.24) is 10.6 Å². The van der Waals surface area contributed by atoms with Crippen LogP contribution in [0.4, 0.5) is 4.39 Å². The predicted molar refractivity (Wildman–Crippen MR) is 95.8 cm³/mol. The van der Waals surface area contributed by atoms with Crippen LogP contribution in [0.2, 0.25) is 0 Å². The van der Waals surface area contributed by atoms with Gasteiger partial charge >= 0.3 is 0 Å². The van der Waals surface area contributed by atoms with E-state index in [1.54, 1.807) is 13.1 Å². The number of nitrogens with zero attached hydrogens (tertiary/aromatic N) is 1. The normalized spacial score (nSPS) is 11.2. The van der Waals surface area contributed by atoms with Crippen LogP contribution in [-0.2, 0) is 19.5 Å². The molecule has 0 bridgehead atoms. The molecule has 0 fully saturated rings. The van der Waals surface area contributed by atoms with E-state index in [4.69, 9.17) is 4.74 Å². The molecule has 4 nitrogen and oxygen atoms in total. The number of aryl methyl sites for hydroxylation is 1. The lowest BCUT2D eigenvalue weighted by Gasteiger charge is -2.14. The van der Waals surface area contributed by atoms with Gasteiger partial charge in [-0.15, -0.1) is 0 Å². The molecule has 5 heteroatoms. The van der Waals surface area contributed by atoms with Crippen LogP contribution in [0.25, 0.3) is 0 Å². The van der Waals surface area contributed by atoms with E-state index < -0.39 is 0 Å². The highest BCUT2D eigenvalue weighted by Gasteiger charge is 2.05. The van der Waals surface area contributed by atoms with Gasteiger partial charge in [0.25, 0.3) is 0 Å². The number of ether oxygens (including phenoxy) is 1. The molecule has 0 heterocycles. The van der Waals surface area contributed by atoms with Gasteiger partial charge in [-0.25, -0.2) is 4.39 Å². The third-order valence-electron chi connectivity index (χ3n) is 3.85. The van der Waals surface area contributed by atoms with Gasteiger partial charge in [0.1, 0.15) is 0 Å². The number of benzene rings is 2. The van der Waals surface area contributed by atoms with E-state index in [2.05, 4.69) is 34.7 Å². The Morgan fingerprint density at radius 2 is 1.79 bits per heavy atom. The number of nitrogens with one attached hydrogen (secondary N) is 2. The summed E-state index contributed by atoms with van der Waals surface area (Å²) in [5.41, 5.74) is 3.39. The van der Waals surface area contributed by atoms with E-state index in [1.807, 2.05) is 18.2 Å². The second kappa shape index (κ2) is 8.91. The van der Waals surface area contributed by atoms with Gasteiger partial charge in [-0.2, -0.15) is 0 Å². The van der Waals surface area contributed by atoms with Crippen LogP contribution in [0.5, 0.6) is 5.75 Å². The fourth-order valence-electron chi connectivity index (χ4n) is 2.48. The summed E-state index contributed by atoms with van der Waals surface area (Å²) in [4.78, 5) is 4.21. The molecule has 0 atom stereocenters. The first-order valence-electron chi connectivity index (χ1n) is 8.01. The van der Waals surface area contributed by atoms with Crippen molar-refractivity contribution in [3.63, 3.8) is 0 Å². The molecule has 2 N–H and O–H groups in total. The summed E-state index contributed by atoms with van der Waals surface area (Å²) in [5.74, 6) is 0.561. The minimum atomic E-state index is -0.364. The molecule has 0 saturated carbocycles. The van der Waals surface area contributed by atoms with Gasteiger partial charge in [-0.05, 0) is 35.2 Å². The molecule has 0 aliphatic heterocycles. The molecule has 0 aliphatic rings. The fraction of sp³-hybridized carbons (Fsp3) is 0.316. The van der Waals surface area contributed by atoms with Crippen LogP contribution in [0.3, 0.4) is 0 Å². The maximum atomic E-state index is 13.7. The Hall–Kier alpha value is -2.56. The Balaban J connectivity index is 1.92. The molecule has 2 rings (SSSR count). The van der Waals surface area contributed by atoms with Crippen molar-refractivity contribution < 1.29 is 9.13 Å². The minimum absolute atomic E-state index is 0.248. The molecule has 0 spiro atoms. The van der Waals surface area contributed by atoms with Crippen molar-refractivity contribution in [3.8, 4) is 5.75 Å². The van der Waals surface area contributed by atoms with Crippen LogP contribution in [0.1, 0.15) is 23.6 Å². The maximum absolute atomic E-state index is 13.7. The van der Waals surface area contributed by atoms with E-state index in [0.29, 0.717) is 19.0 Å². The Morgan fingerprint density at radius 1 is 1.08 bits per heavy atom. The number of rotatable bonds is 6. The Labute approximate surface area is 142 Å². The number of hydrogen-bond acceptors (Lipinski definition) is 2. The summed E-state index contributed by atoms with van der Waals surface area (Å²) < 4.78 is 18.6. The zero-order valence-corrected chi connectivity index (χ0v) is 14.4. The first kappa shape index (κ1) is 17.8. The first-order chi connectivity index (χ1) is 11.7. The quantitative estimate of drug-likeness (QED) is 0.632. The standard InChI is InChI=1S/C19H24FN3O/c1-4-15-7-5-6-8-16(15)13-23-19(21-2)22-12-14-9-10-18(24-3)17(20)11-14/h5-11H,4,12-13H2,1-3H3,(H2,21,22,23). The molecule has 0 aromatic heterocycles. The van der Waals surface area contributed by atoms with E-state index >= 15 is 0 Å². The molecular weight excluding hydrogens is 305 g/mol. The molecule has 24 heavy (non-hydrogen) atoms. The fourth-order valence-corrected chi connectivity index (χ4v) is 2.48. The highest BCUT2D eigenvalue weighted by molar-refractivity contribution is 5.79. The van der Waals surface area contributed by atoms with Crippen LogP contribution in [-0.4, -0.2) is 20.1 Å². The van der Waals surface area contributed by atoms with Crippen LogP contribution >= 0.6 is 0 Å². The van der Waals surface area contributed by atoms with Gasteiger partial charge in [0, 0.05) is 20.1 Å². The Kier molecular flexibility index (Phi) is 6.61. The van der Waals surface area contributed by atoms with Crippen molar-refractivity contribution in [2.24, 2.45) is 4.99 Å². The molecular formula is C19H24FN3O. The summed E-state index contributed by atoms with van der Waals surface area (Å²) in [5, 5.41) is 6.48. The van der Waals surface area contributed by atoms with Gasteiger partial charge in [-0.3, -0.25) is 4.99 Å². The van der Waals surface area contributed by atoms with E-state index in [9.17, 15) is 4.39 Å². The molecule has 2 aromatic rings. The second-order valence-electron chi connectivity index (χ2n) is 5.37.